The van der Waals surface area contributed by atoms with Crippen LogP contribution in [-0.2, 0) is 13.3 Å². The molecule has 1 fully saturated rings. The van der Waals surface area contributed by atoms with Crippen molar-refractivity contribution in [2.24, 2.45) is 5.73 Å². The van der Waals surface area contributed by atoms with E-state index in [9.17, 15) is 0 Å². The van der Waals surface area contributed by atoms with Gasteiger partial charge in [0.2, 0.25) is 0 Å². The number of nitrogens with zero attached hydrogens (tertiary/aromatic N) is 1. The Morgan fingerprint density at radius 3 is 1.81 bits per heavy atom. The van der Waals surface area contributed by atoms with Crippen molar-refractivity contribution < 1.29 is 13.3 Å². The molecule has 0 amide bonds. The molecular weight excluding hydrogens is 284 g/mol. The maximum atomic E-state index is 6.34. The number of hydrogen-bond donors (Lipinski definition) is 1. The van der Waals surface area contributed by atoms with Crippen LogP contribution in [0.25, 0.3) is 0 Å². The monoisotopic (exact) mass is 318 g/mol. The minimum Gasteiger partial charge on any atom is -0.376 e. The molecule has 0 spiro atoms. The number of rotatable bonds is 7. The normalized spacial score (nSPS) is 24.0. The summed E-state index contributed by atoms with van der Waals surface area (Å²) in [5.41, 5.74) is 6.55. The van der Waals surface area contributed by atoms with Gasteiger partial charge in [-0.15, -0.1) is 0 Å². The summed E-state index contributed by atoms with van der Waals surface area (Å²) in [5.74, 6) is 0. The molecule has 126 valence electrons. The molecule has 2 N–H and O–H groups in total. The van der Waals surface area contributed by atoms with Crippen molar-refractivity contribution in [3.05, 3.63) is 0 Å². The van der Waals surface area contributed by atoms with Crippen LogP contribution in [0, 0.1) is 0 Å². The van der Waals surface area contributed by atoms with E-state index in [0.29, 0.717) is 0 Å². The molecule has 6 heteroatoms. The summed E-state index contributed by atoms with van der Waals surface area (Å²) in [4.78, 5) is 2.59. The predicted octanol–water partition coefficient (Wildman–Crippen LogP) is 2.16. The molecule has 1 aliphatic heterocycles. The Kier molecular flexibility index (Phi) is 6.41. The summed E-state index contributed by atoms with van der Waals surface area (Å²) in [6.45, 7) is 10.2. The molecule has 1 aliphatic rings. The zero-order valence-corrected chi connectivity index (χ0v) is 15.9. The third kappa shape index (κ3) is 4.06. The van der Waals surface area contributed by atoms with Gasteiger partial charge in [0.05, 0.1) is 5.67 Å². The predicted molar refractivity (Wildman–Crippen MR) is 88.1 cm³/mol. The van der Waals surface area contributed by atoms with E-state index in [-0.39, 0.29) is 16.7 Å². The van der Waals surface area contributed by atoms with Crippen LogP contribution < -0.4 is 5.73 Å². The van der Waals surface area contributed by atoms with E-state index in [2.05, 4.69) is 32.6 Å². The zero-order valence-electron chi connectivity index (χ0n) is 14.9. The average molecular weight is 319 g/mol. The smallest absolute Gasteiger partial charge is 0.376 e. The molecule has 0 radical (unpaired) electrons. The van der Waals surface area contributed by atoms with E-state index in [0.717, 1.165) is 13.0 Å². The minimum absolute atomic E-state index is 0.203. The molecule has 0 aromatic rings. The molecular formula is C15H34N2O3Si. The molecule has 0 aliphatic carbocycles. The van der Waals surface area contributed by atoms with E-state index in [1.54, 1.807) is 21.3 Å². The van der Waals surface area contributed by atoms with Crippen LogP contribution in [0.5, 0.6) is 0 Å². The van der Waals surface area contributed by atoms with Gasteiger partial charge >= 0.3 is 8.80 Å². The minimum atomic E-state index is -2.75. The van der Waals surface area contributed by atoms with E-state index in [1.165, 1.54) is 19.3 Å². The fourth-order valence-corrected chi connectivity index (χ4v) is 5.69. The fourth-order valence-electron chi connectivity index (χ4n) is 3.80. The Morgan fingerprint density at radius 1 is 1.00 bits per heavy atom. The lowest BCUT2D eigenvalue weighted by atomic mass is 9.79. The van der Waals surface area contributed by atoms with Crippen LogP contribution in [0.4, 0.5) is 0 Å². The standard InChI is InChI=1S/C15H34N2O3Si/c1-14(2)10-8-11-15(3,4)17(14)12-9-13(16)21(18-5,19-6)20-7/h13H,8-12,16H2,1-7H3. The van der Waals surface area contributed by atoms with Gasteiger partial charge < -0.3 is 19.0 Å². The van der Waals surface area contributed by atoms with Gasteiger partial charge in [0.1, 0.15) is 0 Å². The van der Waals surface area contributed by atoms with Gasteiger partial charge in [-0.1, -0.05) is 0 Å². The Bertz CT molecular complexity index is 309. The van der Waals surface area contributed by atoms with Crippen molar-refractivity contribution in [1.82, 2.24) is 4.90 Å². The van der Waals surface area contributed by atoms with Gasteiger partial charge in [-0.05, 0) is 53.4 Å². The lowest BCUT2D eigenvalue weighted by molar-refractivity contribution is -0.0288. The molecule has 0 bridgehead atoms. The molecule has 21 heavy (non-hydrogen) atoms. The highest BCUT2D eigenvalue weighted by Gasteiger charge is 2.47. The molecule has 0 saturated carbocycles. The van der Waals surface area contributed by atoms with Gasteiger partial charge in [-0.3, -0.25) is 4.90 Å². The van der Waals surface area contributed by atoms with E-state index >= 15 is 0 Å². The van der Waals surface area contributed by atoms with E-state index in [4.69, 9.17) is 19.0 Å². The molecule has 1 unspecified atom stereocenters. The second-order valence-electron chi connectivity index (χ2n) is 7.24. The maximum Gasteiger partial charge on any atom is 0.517 e. The lowest BCUT2D eigenvalue weighted by Crippen LogP contribution is -2.62. The lowest BCUT2D eigenvalue weighted by Gasteiger charge is -2.53. The van der Waals surface area contributed by atoms with Gasteiger partial charge in [0, 0.05) is 39.0 Å². The van der Waals surface area contributed by atoms with Crippen LogP contribution in [-0.4, -0.2) is 58.3 Å². The highest BCUT2D eigenvalue weighted by Crippen LogP contribution is 2.38. The van der Waals surface area contributed by atoms with Crippen molar-refractivity contribution in [3.8, 4) is 0 Å². The first-order valence-corrected chi connectivity index (χ1v) is 9.64. The largest absolute Gasteiger partial charge is 0.517 e. The van der Waals surface area contributed by atoms with Crippen LogP contribution >= 0.6 is 0 Å². The second kappa shape index (κ2) is 7.06. The van der Waals surface area contributed by atoms with Crippen LogP contribution in [0.3, 0.4) is 0 Å². The number of hydrogen-bond acceptors (Lipinski definition) is 5. The second-order valence-corrected chi connectivity index (χ2v) is 10.4. The van der Waals surface area contributed by atoms with E-state index < -0.39 is 8.80 Å². The Labute approximate surface area is 131 Å². The summed E-state index contributed by atoms with van der Waals surface area (Å²) in [7, 11) is 2.11. The van der Waals surface area contributed by atoms with Crippen molar-refractivity contribution in [2.75, 3.05) is 27.9 Å². The third-order valence-electron chi connectivity index (χ3n) is 5.01. The molecule has 5 nitrogen and oxygen atoms in total. The third-order valence-corrected chi connectivity index (χ3v) is 7.91. The Hall–Kier alpha value is 0.0169. The summed E-state index contributed by atoms with van der Waals surface area (Å²) < 4.78 is 16.5. The van der Waals surface area contributed by atoms with E-state index in [1.807, 2.05) is 0 Å². The first kappa shape index (κ1) is 19.1. The summed E-state index contributed by atoms with van der Waals surface area (Å²) in [6, 6.07) is 0. The topological polar surface area (TPSA) is 57.0 Å². The Balaban J connectivity index is 2.76. The quantitative estimate of drug-likeness (QED) is 0.729. The van der Waals surface area contributed by atoms with Crippen LogP contribution in [0.2, 0.25) is 0 Å². The molecule has 1 rings (SSSR count). The van der Waals surface area contributed by atoms with Crippen molar-refractivity contribution in [3.63, 3.8) is 0 Å². The van der Waals surface area contributed by atoms with Gasteiger partial charge in [-0.25, -0.2) is 0 Å². The molecule has 1 heterocycles. The van der Waals surface area contributed by atoms with Crippen LogP contribution in [0.15, 0.2) is 0 Å². The van der Waals surface area contributed by atoms with Crippen LogP contribution in [0.1, 0.15) is 53.4 Å². The van der Waals surface area contributed by atoms with Crippen molar-refractivity contribution in [1.29, 1.82) is 0 Å². The average Bonchev–Trinajstić information content (AvgIpc) is 2.39. The summed E-state index contributed by atoms with van der Waals surface area (Å²) >= 11 is 0. The highest BCUT2D eigenvalue weighted by molar-refractivity contribution is 6.62. The first-order chi connectivity index (χ1) is 9.65. The zero-order chi connectivity index (χ0) is 16.3. The van der Waals surface area contributed by atoms with Gasteiger partial charge in [-0.2, -0.15) is 0 Å². The summed E-state index contributed by atoms with van der Waals surface area (Å²) in [5, 5.41) is 0. The maximum absolute atomic E-state index is 6.34. The highest BCUT2D eigenvalue weighted by atomic mass is 28.4. The molecule has 1 saturated heterocycles. The summed E-state index contributed by atoms with van der Waals surface area (Å²) in [6.07, 6.45) is 4.56. The molecule has 0 aromatic heterocycles. The number of nitrogens with two attached hydrogens (primary N) is 1. The van der Waals surface area contributed by atoms with Gasteiger partial charge in [0.15, 0.2) is 0 Å². The van der Waals surface area contributed by atoms with Crippen molar-refractivity contribution >= 4 is 8.80 Å². The fraction of sp³-hybridized carbons (Fsp3) is 1.00. The molecule has 1 atom stereocenters. The number of piperidine rings is 1. The number of likely N-dealkylation sites (tertiary alicyclic amines) is 1. The molecule has 0 aromatic carbocycles. The first-order valence-electron chi connectivity index (χ1n) is 7.84. The SMILES string of the molecule is CO[Si](OC)(OC)C(N)CCN1C(C)(C)CCCC1(C)C. The van der Waals surface area contributed by atoms with Crippen molar-refractivity contribution in [2.45, 2.75) is 70.1 Å². The van der Waals surface area contributed by atoms with Gasteiger partial charge in [0.25, 0.3) is 0 Å². The Morgan fingerprint density at radius 2 is 1.43 bits per heavy atom.